The topological polar surface area (TPSA) is 58.5 Å². The Morgan fingerprint density at radius 3 is 2.78 bits per heavy atom. The highest BCUT2D eigenvalue weighted by Crippen LogP contribution is 2.24. The number of imidazole rings is 1. The van der Waals surface area contributed by atoms with E-state index in [0.29, 0.717) is 12.5 Å². The lowest BCUT2D eigenvalue weighted by atomic mass is 10.2. The van der Waals surface area contributed by atoms with Crippen LogP contribution >= 0.6 is 23.4 Å². The molecule has 2 aromatic heterocycles. The first-order valence-corrected chi connectivity index (χ1v) is 11.2. The Morgan fingerprint density at radius 2 is 2.07 bits per heavy atom. The van der Waals surface area contributed by atoms with E-state index in [-0.39, 0.29) is 6.04 Å². The molecule has 0 aliphatic heterocycles. The van der Waals surface area contributed by atoms with Gasteiger partial charge in [0.1, 0.15) is 11.0 Å². The third-order valence-corrected chi connectivity index (χ3v) is 5.66. The first kappa shape index (κ1) is 20.2. The molecule has 0 radical (unpaired) electrons. The highest BCUT2D eigenvalue weighted by molar-refractivity contribution is 7.98. The summed E-state index contributed by atoms with van der Waals surface area (Å²) >= 11 is 8.45. The molecule has 1 aromatic carbocycles. The van der Waals surface area contributed by atoms with Gasteiger partial charge in [-0.25, -0.2) is 4.98 Å². The summed E-state index contributed by atoms with van der Waals surface area (Å²) in [5.41, 5.74) is 4.13. The SMILES string of the molecule is CSCCC(NCc1c(C)nn(CC(C)C)c1Cl)c1nc2ccccc2[nH]1. The number of H-pyrrole nitrogens is 1. The molecule has 1 unspecified atom stereocenters. The van der Waals surface area contributed by atoms with Crippen molar-refractivity contribution in [3.8, 4) is 0 Å². The first-order valence-electron chi connectivity index (χ1n) is 9.38. The monoisotopic (exact) mass is 405 g/mol. The molecular formula is C20H28ClN5S. The van der Waals surface area contributed by atoms with E-state index in [1.165, 1.54) is 0 Å². The summed E-state index contributed by atoms with van der Waals surface area (Å²) in [7, 11) is 0. The summed E-state index contributed by atoms with van der Waals surface area (Å²) in [4.78, 5) is 8.25. The Balaban J connectivity index is 1.78. The maximum atomic E-state index is 6.60. The lowest BCUT2D eigenvalue weighted by Crippen LogP contribution is -2.23. The van der Waals surface area contributed by atoms with Crippen molar-refractivity contribution in [3.05, 3.63) is 46.5 Å². The molecule has 5 nitrogen and oxygen atoms in total. The summed E-state index contributed by atoms with van der Waals surface area (Å²) in [6, 6.07) is 8.30. The van der Waals surface area contributed by atoms with Gasteiger partial charge in [0.15, 0.2) is 0 Å². The second-order valence-corrected chi connectivity index (χ2v) is 8.63. The molecule has 0 bridgehead atoms. The van der Waals surface area contributed by atoms with Crippen LogP contribution in [0.3, 0.4) is 0 Å². The Kier molecular flexibility index (Phi) is 6.84. The minimum atomic E-state index is 0.147. The van der Waals surface area contributed by atoms with Crippen molar-refractivity contribution in [1.82, 2.24) is 25.1 Å². The molecule has 0 fully saturated rings. The number of nitrogens with one attached hydrogen (secondary N) is 2. The molecule has 3 aromatic rings. The molecule has 0 saturated heterocycles. The number of fused-ring (bicyclic) bond motifs is 1. The second kappa shape index (κ2) is 9.13. The van der Waals surface area contributed by atoms with Crippen molar-refractivity contribution < 1.29 is 0 Å². The van der Waals surface area contributed by atoms with Crippen LogP contribution in [0.1, 0.15) is 43.4 Å². The number of aromatic nitrogens is 4. The predicted octanol–water partition coefficient (Wildman–Crippen LogP) is 4.96. The Bertz CT molecular complexity index is 853. The van der Waals surface area contributed by atoms with Gasteiger partial charge in [0.2, 0.25) is 0 Å². The van der Waals surface area contributed by atoms with Crippen molar-refractivity contribution in [2.75, 3.05) is 12.0 Å². The van der Waals surface area contributed by atoms with Crippen molar-refractivity contribution in [1.29, 1.82) is 0 Å². The number of aryl methyl sites for hydroxylation is 1. The Morgan fingerprint density at radius 1 is 1.30 bits per heavy atom. The second-order valence-electron chi connectivity index (χ2n) is 7.28. The maximum absolute atomic E-state index is 6.60. The van der Waals surface area contributed by atoms with Gasteiger partial charge < -0.3 is 10.3 Å². The number of rotatable bonds is 9. The van der Waals surface area contributed by atoms with E-state index < -0.39 is 0 Å². The number of nitrogens with zero attached hydrogens (tertiary/aromatic N) is 3. The fourth-order valence-electron chi connectivity index (χ4n) is 3.19. The van der Waals surface area contributed by atoms with Gasteiger partial charge in [-0.3, -0.25) is 4.68 Å². The minimum Gasteiger partial charge on any atom is -0.341 e. The van der Waals surface area contributed by atoms with Crippen LogP contribution in [0.15, 0.2) is 24.3 Å². The van der Waals surface area contributed by atoms with E-state index in [2.05, 4.69) is 41.6 Å². The fraction of sp³-hybridized carbons (Fsp3) is 0.500. The molecule has 7 heteroatoms. The van der Waals surface area contributed by atoms with Crippen LogP contribution in [0.5, 0.6) is 0 Å². The average Bonchev–Trinajstić information content (AvgIpc) is 3.17. The number of aromatic amines is 1. The third kappa shape index (κ3) is 4.86. The first-order chi connectivity index (χ1) is 13.0. The quantitative estimate of drug-likeness (QED) is 0.528. The van der Waals surface area contributed by atoms with Gasteiger partial charge in [-0.2, -0.15) is 16.9 Å². The zero-order valence-corrected chi connectivity index (χ0v) is 18.0. The summed E-state index contributed by atoms with van der Waals surface area (Å²) in [5, 5.41) is 9.00. The van der Waals surface area contributed by atoms with Crippen molar-refractivity contribution >= 4 is 34.4 Å². The summed E-state index contributed by atoms with van der Waals surface area (Å²) in [6.07, 6.45) is 3.13. The number of hydrogen-bond acceptors (Lipinski definition) is 4. The highest BCUT2D eigenvalue weighted by atomic mass is 35.5. The van der Waals surface area contributed by atoms with Crippen LogP contribution in [-0.2, 0) is 13.1 Å². The van der Waals surface area contributed by atoms with Crippen molar-refractivity contribution in [2.45, 2.75) is 46.3 Å². The Hall–Kier alpha value is -1.50. The molecule has 0 aliphatic rings. The number of thioether (sulfide) groups is 1. The van der Waals surface area contributed by atoms with Gasteiger partial charge in [-0.1, -0.05) is 37.6 Å². The molecule has 2 heterocycles. The molecule has 0 spiro atoms. The van der Waals surface area contributed by atoms with E-state index >= 15 is 0 Å². The van der Waals surface area contributed by atoms with Gasteiger partial charge in [-0.15, -0.1) is 0 Å². The standard InChI is InChI=1S/C20H28ClN5S/c1-13(2)12-26-19(21)15(14(3)25-26)11-22-18(9-10-27-4)20-23-16-7-5-6-8-17(16)24-20/h5-8,13,18,22H,9-12H2,1-4H3,(H,23,24). The Labute approximate surface area is 170 Å². The third-order valence-electron chi connectivity index (χ3n) is 4.59. The van der Waals surface area contributed by atoms with Crippen LogP contribution in [0.4, 0.5) is 0 Å². The van der Waals surface area contributed by atoms with Crippen LogP contribution in [0.25, 0.3) is 11.0 Å². The lowest BCUT2D eigenvalue weighted by Gasteiger charge is -2.16. The van der Waals surface area contributed by atoms with Gasteiger partial charge in [0, 0.05) is 18.7 Å². The lowest BCUT2D eigenvalue weighted by molar-refractivity contribution is 0.480. The maximum Gasteiger partial charge on any atom is 0.131 e. The van der Waals surface area contributed by atoms with Crippen LogP contribution < -0.4 is 5.32 Å². The fourth-order valence-corrected chi connectivity index (χ4v) is 3.97. The molecule has 1 atom stereocenters. The van der Waals surface area contributed by atoms with Gasteiger partial charge in [-0.05, 0) is 43.4 Å². The number of hydrogen-bond donors (Lipinski definition) is 2. The van der Waals surface area contributed by atoms with Gasteiger partial charge in [0.25, 0.3) is 0 Å². The van der Waals surface area contributed by atoms with E-state index in [9.17, 15) is 0 Å². The molecule has 2 N–H and O–H groups in total. The molecule has 27 heavy (non-hydrogen) atoms. The average molecular weight is 406 g/mol. The van der Waals surface area contributed by atoms with E-state index in [1.54, 1.807) is 0 Å². The summed E-state index contributed by atoms with van der Waals surface area (Å²) < 4.78 is 1.91. The zero-order chi connectivity index (χ0) is 19.4. The van der Waals surface area contributed by atoms with Gasteiger partial charge >= 0.3 is 0 Å². The molecule has 0 saturated carbocycles. The van der Waals surface area contributed by atoms with Crippen LogP contribution in [-0.4, -0.2) is 31.8 Å². The smallest absolute Gasteiger partial charge is 0.131 e. The normalized spacial score (nSPS) is 13.0. The minimum absolute atomic E-state index is 0.147. The molecule has 0 amide bonds. The van der Waals surface area contributed by atoms with Crippen molar-refractivity contribution in [3.63, 3.8) is 0 Å². The largest absolute Gasteiger partial charge is 0.341 e. The van der Waals surface area contributed by atoms with Crippen LogP contribution in [0.2, 0.25) is 5.15 Å². The van der Waals surface area contributed by atoms with E-state index in [4.69, 9.17) is 16.6 Å². The zero-order valence-electron chi connectivity index (χ0n) is 16.4. The molecule has 146 valence electrons. The number of halogens is 1. The van der Waals surface area contributed by atoms with E-state index in [1.807, 2.05) is 41.6 Å². The highest BCUT2D eigenvalue weighted by Gasteiger charge is 2.19. The van der Waals surface area contributed by atoms with Crippen molar-refractivity contribution in [2.24, 2.45) is 5.92 Å². The molecule has 0 aliphatic carbocycles. The number of benzene rings is 1. The van der Waals surface area contributed by atoms with Gasteiger partial charge in [0.05, 0.1) is 22.8 Å². The van der Waals surface area contributed by atoms with Crippen LogP contribution in [0, 0.1) is 12.8 Å². The van der Waals surface area contributed by atoms with E-state index in [0.717, 1.165) is 52.0 Å². The molecular weight excluding hydrogens is 378 g/mol. The molecule has 3 rings (SSSR count). The summed E-state index contributed by atoms with van der Waals surface area (Å²) in [6.45, 7) is 7.88. The predicted molar refractivity (Wildman–Crippen MR) is 115 cm³/mol. The number of para-hydroxylation sites is 2. The summed E-state index contributed by atoms with van der Waals surface area (Å²) in [5.74, 6) is 2.55.